The van der Waals surface area contributed by atoms with Crippen molar-refractivity contribution in [1.29, 1.82) is 0 Å². The average molecular weight is 217 g/mol. The molecule has 2 heteroatoms. The Morgan fingerprint density at radius 2 is 1.88 bits per heavy atom. The summed E-state index contributed by atoms with van der Waals surface area (Å²) < 4.78 is 0. The van der Waals surface area contributed by atoms with Crippen molar-refractivity contribution in [2.24, 2.45) is 17.8 Å². The van der Waals surface area contributed by atoms with Crippen molar-refractivity contribution < 1.29 is 4.79 Å². The van der Waals surface area contributed by atoms with Crippen LogP contribution in [0.3, 0.4) is 0 Å². The molecule has 1 aliphatic carbocycles. The summed E-state index contributed by atoms with van der Waals surface area (Å²) in [6.45, 7) is 4.40. The Morgan fingerprint density at radius 3 is 2.38 bits per heavy atom. The number of nitrogens with one attached hydrogen (secondary N) is 1. The molecule has 0 bridgehead atoms. The quantitative estimate of drug-likeness (QED) is 0.827. The first kappa shape index (κ1) is 11.2. The SMILES string of the molecule is CNC(=O)C1C(c2ccccc2)C1C(C)C. The van der Waals surface area contributed by atoms with E-state index < -0.39 is 0 Å². The molecule has 0 spiro atoms. The Balaban J connectivity index is 2.19. The van der Waals surface area contributed by atoms with Crippen molar-refractivity contribution in [3.63, 3.8) is 0 Å². The van der Waals surface area contributed by atoms with Crippen LogP contribution in [0.25, 0.3) is 0 Å². The van der Waals surface area contributed by atoms with Crippen molar-refractivity contribution in [3.05, 3.63) is 35.9 Å². The van der Waals surface area contributed by atoms with Crippen molar-refractivity contribution >= 4 is 5.91 Å². The Kier molecular flexibility index (Phi) is 2.99. The van der Waals surface area contributed by atoms with Crippen molar-refractivity contribution in [3.8, 4) is 0 Å². The number of hydrogen-bond acceptors (Lipinski definition) is 1. The van der Waals surface area contributed by atoms with Gasteiger partial charge in [-0.2, -0.15) is 0 Å². The summed E-state index contributed by atoms with van der Waals surface area (Å²) in [5.74, 6) is 1.84. The number of benzene rings is 1. The zero-order chi connectivity index (χ0) is 11.7. The normalized spacial score (nSPS) is 27.9. The monoisotopic (exact) mass is 217 g/mol. The number of rotatable bonds is 3. The third-order valence-electron chi connectivity index (χ3n) is 3.58. The van der Waals surface area contributed by atoms with Gasteiger partial charge in [0, 0.05) is 13.0 Å². The van der Waals surface area contributed by atoms with Crippen LogP contribution in [0.5, 0.6) is 0 Å². The Hall–Kier alpha value is -1.31. The lowest BCUT2D eigenvalue weighted by Crippen LogP contribution is -2.21. The van der Waals surface area contributed by atoms with Crippen LogP contribution in [-0.2, 0) is 4.79 Å². The smallest absolute Gasteiger partial charge is 0.223 e. The molecule has 16 heavy (non-hydrogen) atoms. The fourth-order valence-electron chi connectivity index (χ4n) is 2.77. The minimum atomic E-state index is 0.174. The fourth-order valence-corrected chi connectivity index (χ4v) is 2.77. The van der Waals surface area contributed by atoms with Crippen LogP contribution in [0.1, 0.15) is 25.3 Å². The van der Waals surface area contributed by atoms with E-state index in [0.717, 1.165) is 0 Å². The lowest BCUT2D eigenvalue weighted by atomic mass is 10.0. The fraction of sp³-hybridized carbons (Fsp3) is 0.500. The molecule has 3 unspecified atom stereocenters. The van der Waals surface area contributed by atoms with Gasteiger partial charge in [-0.3, -0.25) is 4.79 Å². The van der Waals surface area contributed by atoms with E-state index in [4.69, 9.17) is 0 Å². The molecule has 1 aliphatic rings. The summed E-state index contributed by atoms with van der Waals surface area (Å²) in [6.07, 6.45) is 0. The topological polar surface area (TPSA) is 29.1 Å². The zero-order valence-electron chi connectivity index (χ0n) is 10.1. The standard InChI is InChI=1S/C14H19NO/c1-9(2)11-12(13(11)14(16)15-3)10-7-5-4-6-8-10/h4-9,11-13H,1-3H3,(H,15,16). The van der Waals surface area contributed by atoms with Crippen molar-refractivity contribution in [1.82, 2.24) is 5.32 Å². The number of carbonyl (C=O) groups excluding carboxylic acids is 1. The van der Waals surface area contributed by atoms with E-state index >= 15 is 0 Å². The number of carbonyl (C=O) groups is 1. The van der Waals surface area contributed by atoms with Crippen LogP contribution in [0, 0.1) is 17.8 Å². The van der Waals surface area contributed by atoms with Gasteiger partial charge >= 0.3 is 0 Å². The van der Waals surface area contributed by atoms with Gasteiger partial charge in [-0.25, -0.2) is 0 Å². The van der Waals surface area contributed by atoms with Crippen molar-refractivity contribution in [2.75, 3.05) is 7.05 Å². The lowest BCUT2D eigenvalue weighted by molar-refractivity contribution is -0.122. The van der Waals surface area contributed by atoms with Gasteiger partial charge in [0.2, 0.25) is 5.91 Å². The van der Waals surface area contributed by atoms with E-state index in [1.54, 1.807) is 7.05 Å². The average Bonchev–Trinajstić information content (AvgIpc) is 3.04. The molecule has 0 aliphatic heterocycles. The Bertz CT molecular complexity index is 372. The molecule has 2 rings (SSSR count). The molecule has 3 atom stereocenters. The molecule has 1 saturated carbocycles. The predicted octanol–water partition coefficient (Wildman–Crippen LogP) is 2.42. The highest BCUT2D eigenvalue weighted by Gasteiger charge is 2.55. The predicted molar refractivity (Wildman–Crippen MR) is 65.1 cm³/mol. The molecule has 86 valence electrons. The molecule has 1 amide bonds. The highest BCUT2D eigenvalue weighted by molar-refractivity contribution is 5.83. The zero-order valence-corrected chi connectivity index (χ0v) is 10.1. The van der Waals surface area contributed by atoms with Crippen molar-refractivity contribution in [2.45, 2.75) is 19.8 Å². The summed E-state index contributed by atoms with van der Waals surface area (Å²) in [7, 11) is 1.72. The summed E-state index contributed by atoms with van der Waals surface area (Å²) in [4.78, 5) is 11.8. The van der Waals surface area contributed by atoms with Crippen LogP contribution in [0.15, 0.2) is 30.3 Å². The van der Waals surface area contributed by atoms with E-state index in [0.29, 0.717) is 17.8 Å². The minimum absolute atomic E-state index is 0.174. The van der Waals surface area contributed by atoms with E-state index in [1.165, 1.54) is 5.56 Å². The van der Waals surface area contributed by atoms with E-state index in [9.17, 15) is 4.79 Å². The van der Waals surface area contributed by atoms with E-state index in [-0.39, 0.29) is 11.8 Å². The van der Waals surface area contributed by atoms with Gasteiger partial charge in [-0.1, -0.05) is 44.2 Å². The second kappa shape index (κ2) is 4.28. The maximum atomic E-state index is 11.8. The molecule has 0 radical (unpaired) electrons. The highest BCUT2D eigenvalue weighted by atomic mass is 16.2. The van der Waals surface area contributed by atoms with Crippen LogP contribution in [0.4, 0.5) is 0 Å². The molecule has 1 aromatic rings. The molecular weight excluding hydrogens is 198 g/mol. The van der Waals surface area contributed by atoms with E-state index in [2.05, 4.69) is 31.3 Å². The first-order valence-electron chi connectivity index (χ1n) is 5.93. The van der Waals surface area contributed by atoms with Gasteiger partial charge in [0.1, 0.15) is 0 Å². The summed E-state index contributed by atoms with van der Waals surface area (Å²) >= 11 is 0. The largest absolute Gasteiger partial charge is 0.359 e. The second-order valence-electron chi connectivity index (χ2n) is 4.90. The molecule has 0 aromatic heterocycles. The first-order chi connectivity index (χ1) is 7.66. The molecule has 0 saturated heterocycles. The summed E-state index contributed by atoms with van der Waals surface area (Å²) in [5.41, 5.74) is 1.30. The Labute approximate surface area is 97.1 Å². The number of amides is 1. The number of hydrogen-bond donors (Lipinski definition) is 1. The maximum absolute atomic E-state index is 11.8. The van der Waals surface area contributed by atoms with Crippen LogP contribution in [-0.4, -0.2) is 13.0 Å². The summed E-state index contributed by atoms with van der Waals surface area (Å²) in [6, 6.07) is 10.4. The van der Waals surface area contributed by atoms with Gasteiger partial charge in [-0.05, 0) is 23.3 Å². The van der Waals surface area contributed by atoms with Gasteiger partial charge < -0.3 is 5.32 Å². The van der Waals surface area contributed by atoms with E-state index in [1.807, 2.05) is 18.2 Å². The molecule has 2 nitrogen and oxygen atoms in total. The highest BCUT2D eigenvalue weighted by Crippen LogP contribution is 2.57. The first-order valence-corrected chi connectivity index (χ1v) is 5.93. The van der Waals surface area contributed by atoms with Gasteiger partial charge in [0.15, 0.2) is 0 Å². The molecular formula is C14H19NO. The molecule has 1 fully saturated rings. The maximum Gasteiger partial charge on any atom is 0.223 e. The second-order valence-corrected chi connectivity index (χ2v) is 4.90. The molecule has 1 aromatic carbocycles. The third kappa shape index (κ3) is 1.84. The van der Waals surface area contributed by atoms with Crippen LogP contribution < -0.4 is 5.32 Å². The molecule has 0 heterocycles. The van der Waals surface area contributed by atoms with Gasteiger partial charge in [-0.15, -0.1) is 0 Å². The van der Waals surface area contributed by atoms with Crippen LogP contribution in [0.2, 0.25) is 0 Å². The minimum Gasteiger partial charge on any atom is -0.359 e. The van der Waals surface area contributed by atoms with Crippen LogP contribution >= 0.6 is 0 Å². The summed E-state index contributed by atoms with van der Waals surface area (Å²) in [5, 5.41) is 2.77. The Morgan fingerprint density at radius 1 is 1.25 bits per heavy atom. The third-order valence-corrected chi connectivity index (χ3v) is 3.58. The van der Waals surface area contributed by atoms with Gasteiger partial charge in [0.05, 0.1) is 0 Å². The molecule has 1 N–H and O–H groups in total. The van der Waals surface area contributed by atoms with Gasteiger partial charge in [0.25, 0.3) is 0 Å². The lowest BCUT2D eigenvalue weighted by Gasteiger charge is -2.02.